The first-order valence-corrected chi connectivity index (χ1v) is 5.51. The molecule has 1 amide bonds. The average molecular weight is 268 g/mol. The van der Waals surface area contributed by atoms with E-state index in [-0.39, 0.29) is 5.56 Å². The molecule has 0 aliphatic rings. The van der Waals surface area contributed by atoms with Crippen molar-refractivity contribution in [2.75, 3.05) is 5.43 Å². The predicted octanol–water partition coefficient (Wildman–Crippen LogP) is 2.91. The van der Waals surface area contributed by atoms with Gasteiger partial charge >= 0.3 is 0 Å². The summed E-state index contributed by atoms with van der Waals surface area (Å²) < 4.78 is 40.3. The van der Waals surface area contributed by atoms with E-state index in [2.05, 4.69) is 5.43 Å². The number of nitrogens with one attached hydrogen (secondary N) is 1. The van der Waals surface area contributed by atoms with Crippen molar-refractivity contribution in [2.24, 2.45) is 0 Å². The fourth-order valence-electron chi connectivity index (χ4n) is 1.70. The molecule has 0 bridgehead atoms. The number of rotatable bonds is 2. The zero-order chi connectivity index (χ0) is 14.2. The van der Waals surface area contributed by atoms with Crippen LogP contribution in [0.4, 0.5) is 13.2 Å². The van der Waals surface area contributed by atoms with E-state index in [4.69, 9.17) is 0 Å². The highest BCUT2D eigenvalue weighted by molar-refractivity contribution is 6.00. The molecule has 0 atom stereocenters. The molecule has 0 spiro atoms. The largest absolute Gasteiger partial charge is 0.270 e. The van der Waals surface area contributed by atoms with Crippen LogP contribution in [0.15, 0.2) is 24.3 Å². The minimum atomic E-state index is -1.59. The third-order valence-electron chi connectivity index (χ3n) is 2.73. The number of aromatic nitrogens is 1. The van der Waals surface area contributed by atoms with Gasteiger partial charge in [-0.15, -0.1) is 0 Å². The van der Waals surface area contributed by atoms with Crippen LogP contribution in [0.5, 0.6) is 0 Å². The van der Waals surface area contributed by atoms with E-state index in [1.54, 1.807) is 26.0 Å². The van der Waals surface area contributed by atoms with Crippen molar-refractivity contribution < 1.29 is 18.0 Å². The van der Waals surface area contributed by atoms with Gasteiger partial charge in [0, 0.05) is 17.0 Å². The van der Waals surface area contributed by atoms with Crippen molar-refractivity contribution in [3.8, 4) is 0 Å². The summed E-state index contributed by atoms with van der Waals surface area (Å²) >= 11 is 0. The molecule has 1 heterocycles. The van der Waals surface area contributed by atoms with E-state index in [0.717, 1.165) is 11.4 Å². The third kappa shape index (κ3) is 2.47. The van der Waals surface area contributed by atoms with E-state index in [0.29, 0.717) is 12.1 Å². The molecular formula is C13H11F3N2O. The van der Waals surface area contributed by atoms with Gasteiger partial charge in [-0.05, 0) is 38.1 Å². The van der Waals surface area contributed by atoms with Crippen molar-refractivity contribution >= 4 is 5.91 Å². The standard InChI is InChI=1S/C13H11F3N2O/c1-7-3-4-8(2)18(7)17-13(19)9-5-10(14)12(16)11(15)6-9/h3-6H,1-2H3,(H,17,19). The Morgan fingerprint density at radius 3 is 2.00 bits per heavy atom. The van der Waals surface area contributed by atoms with Crippen molar-refractivity contribution in [1.29, 1.82) is 0 Å². The van der Waals surface area contributed by atoms with Gasteiger partial charge in [-0.1, -0.05) is 0 Å². The quantitative estimate of drug-likeness (QED) is 0.835. The maximum absolute atomic E-state index is 13.0. The van der Waals surface area contributed by atoms with Crippen LogP contribution in [-0.4, -0.2) is 10.6 Å². The number of benzene rings is 1. The van der Waals surface area contributed by atoms with Gasteiger partial charge in [0.2, 0.25) is 0 Å². The molecule has 2 rings (SSSR count). The van der Waals surface area contributed by atoms with Crippen LogP contribution in [0.25, 0.3) is 0 Å². The second kappa shape index (κ2) is 4.79. The third-order valence-corrected chi connectivity index (χ3v) is 2.73. The Morgan fingerprint density at radius 2 is 1.53 bits per heavy atom. The zero-order valence-corrected chi connectivity index (χ0v) is 10.3. The summed E-state index contributed by atoms with van der Waals surface area (Å²) in [6, 6.07) is 4.87. The molecule has 2 aromatic rings. The molecule has 1 N–H and O–H groups in total. The van der Waals surface area contributed by atoms with Gasteiger partial charge in [-0.25, -0.2) is 13.2 Å². The summed E-state index contributed by atoms with van der Waals surface area (Å²) in [6.07, 6.45) is 0. The molecule has 0 unspecified atom stereocenters. The molecule has 1 aromatic heterocycles. The lowest BCUT2D eigenvalue weighted by Crippen LogP contribution is -2.25. The molecule has 1 aromatic carbocycles. The molecule has 6 heteroatoms. The van der Waals surface area contributed by atoms with Crippen LogP contribution in [0.3, 0.4) is 0 Å². The van der Waals surface area contributed by atoms with Gasteiger partial charge in [0.15, 0.2) is 17.5 Å². The number of hydrogen-bond donors (Lipinski definition) is 1. The fraction of sp³-hybridized carbons (Fsp3) is 0.154. The van der Waals surface area contributed by atoms with Crippen LogP contribution in [0.2, 0.25) is 0 Å². The number of halogens is 3. The molecule has 3 nitrogen and oxygen atoms in total. The van der Waals surface area contributed by atoms with E-state index in [1.165, 1.54) is 4.68 Å². The van der Waals surface area contributed by atoms with Crippen molar-refractivity contribution in [3.05, 3.63) is 58.7 Å². The van der Waals surface area contributed by atoms with Crippen molar-refractivity contribution in [3.63, 3.8) is 0 Å². The van der Waals surface area contributed by atoms with Crippen LogP contribution in [0.1, 0.15) is 21.7 Å². The topological polar surface area (TPSA) is 34.0 Å². The van der Waals surface area contributed by atoms with E-state index in [1.807, 2.05) is 0 Å². The summed E-state index contributed by atoms with van der Waals surface area (Å²) in [7, 11) is 0. The van der Waals surface area contributed by atoms with Gasteiger partial charge in [0.05, 0.1) is 0 Å². The lowest BCUT2D eigenvalue weighted by atomic mass is 10.2. The monoisotopic (exact) mass is 268 g/mol. The molecule has 0 saturated carbocycles. The molecule has 19 heavy (non-hydrogen) atoms. The Hall–Kier alpha value is -2.24. The zero-order valence-electron chi connectivity index (χ0n) is 10.3. The highest BCUT2D eigenvalue weighted by Gasteiger charge is 2.15. The van der Waals surface area contributed by atoms with Gasteiger partial charge < -0.3 is 0 Å². The van der Waals surface area contributed by atoms with E-state index >= 15 is 0 Å². The second-order valence-corrected chi connectivity index (χ2v) is 4.15. The van der Waals surface area contributed by atoms with Gasteiger partial charge in [-0.2, -0.15) is 0 Å². The first-order chi connectivity index (χ1) is 8.90. The highest BCUT2D eigenvalue weighted by atomic mass is 19.2. The highest BCUT2D eigenvalue weighted by Crippen LogP contribution is 2.14. The van der Waals surface area contributed by atoms with Crippen LogP contribution in [-0.2, 0) is 0 Å². The average Bonchev–Trinajstić information content (AvgIpc) is 2.67. The molecule has 0 fully saturated rings. The summed E-state index contributed by atoms with van der Waals surface area (Å²) in [4.78, 5) is 11.8. The Labute approximate surface area is 107 Å². The molecule has 100 valence electrons. The maximum atomic E-state index is 13.0. The normalized spacial score (nSPS) is 10.6. The summed E-state index contributed by atoms with van der Waals surface area (Å²) in [6.45, 7) is 3.53. The Morgan fingerprint density at radius 1 is 1.05 bits per heavy atom. The van der Waals surface area contributed by atoms with Crippen LogP contribution < -0.4 is 5.43 Å². The number of nitrogens with zero attached hydrogens (tertiary/aromatic N) is 1. The second-order valence-electron chi connectivity index (χ2n) is 4.15. The van der Waals surface area contributed by atoms with E-state index < -0.39 is 23.4 Å². The lowest BCUT2D eigenvalue weighted by molar-refractivity contribution is 0.101. The molecular weight excluding hydrogens is 257 g/mol. The molecule has 0 aliphatic carbocycles. The maximum Gasteiger partial charge on any atom is 0.270 e. The summed E-state index contributed by atoms with van der Waals surface area (Å²) in [5.74, 6) is -5.11. The van der Waals surface area contributed by atoms with Gasteiger partial charge in [0.25, 0.3) is 5.91 Å². The van der Waals surface area contributed by atoms with Crippen LogP contribution in [0, 0.1) is 31.3 Å². The predicted molar refractivity (Wildman–Crippen MR) is 63.9 cm³/mol. The van der Waals surface area contributed by atoms with Crippen molar-refractivity contribution in [2.45, 2.75) is 13.8 Å². The van der Waals surface area contributed by atoms with Crippen LogP contribution >= 0.6 is 0 Å². The number of amides is 1. The molecule has 0 aliphatic heterocycles. The number of carbonyl (C=O) groups excluding carboxylic acids is 1. The van der Waals surface area contributed by atoms with Crippen molar-refractivity contribution in [1.82, 2.24) is 4.68 Å². The Bertz CT molecular complexity index is 607. The first kappa shape index (κ1) is 13.2. The number of hydrogen-bond acceptors (Lipinski definition) is 1. The molecule has 0 radical (unpaired) electrons. The lowest BCUT2D eigenvalue weighted by Gasteiger charge is -2.11. The SMILES string of the molecule is Cc1ccc(C)n1NC(=O)c1cc(F)c(F)c(F)c1. The smallest absolute Gasteiger partial charge is 0.267 e. The van der Waals surface area contributed by atoms with E-state index in [9.17, 15) is 18.0 Å². The van der Waals surface area contributed by atoms with Gasteiger partial charge in [-0.3, -0.25) is 14.9 Å². The summed E-state index contributed by atoms with van der Waals surface area (Å²) in [5, 5.41) is 0. The minimum absolute atomic E-state index is 0.288. The minimum Gasteiger partial charge on any atom is -0.267 e. The Kier molecular flexibility index (Phi) is 3.33. The number of aryl methyl sites for hydroxylation is 2. The Balaban J connectivity index is 2.31. The first-order valence-electron chi connectivity index (χ1n) is 5.51. The summed E-state index contributed by atoms with van der Waals surface area (Å²) in [5.41, 5.74) is 3.70. The van der Waals surface area contributed by atoms with Gasteiger partial charge in [0.1, 0.15) is 0 Å². The number of carbonyl (C=O) groups is 1. The molecule has 0 saturated heterocycles. The fourth-order valence-corrected chi connectivity index (χ4v) is 1.70.